The number of piperidine rings is 1. The second kappa shape index (κ2) is 9.17. The second-order valence-corrected chi connectivity index (χ2v) is 8.90. The molecule has 1 aliphatic heterocycles. The van der Waals surface area contributed by atoms with Crippen LogP contribution in [0.1, 0.15) is 60.2 Å². The number of aryl methyl sites for hydroxylation is 1. The SMILES string of the molecule is Cc1cc(C(=O)NC2CC(C(=O)N3CCCCC3)CC2c2nc(-c3ccccc3)no2)on1. The molecule has 3 heterocycles. The fourth-order valence-corrected chi connectivity index (χ4v) is 4.84. The maximum atomic E-state index is 13.2. The Morgan fingerprint density at radius 2 is 1.82 bits per heavy atom. The molecule has 3 unspecified atom stereocenters. The van der Waals surface area contributed by atoms with Gasteiger partial charge in [-0.3, -0.25) is 9.59 Å². The molecule has 9 nitrogen and oxygen atoms in total. The van der Waals surface area contributed by atoms with E-state index in [4.69, 9.17) is 9.05 Å². The van der Waals surface area contributed by atoms with Crippen LogP contribution < -0.4 is 5.32 Å². The molecule has 33 heavy (non-hydrogen) atoms. The highest BCUT2D eigenvalue weighted by atomic mass is 16.5. The molecular formula is C24H27N5O4. The third-order valence-electron chi connectivity index (χ3n) is 6.54. The second-order valence-electron chi connectivity index (χ2n) is 8.90. The van der Waals surface area contributed by atoms with E-state index in [2.05, 4.69) is 20.6 Å². The number of amides is 2. The molecule has 1 N–H and O–H groups in total. The van der Waals surface area contributed by atoms with Gasteiger partial charge in [-0.1, -0.05) is 40.6 Å². The molecule has 2 fully saturated rings. The highest BCUT2D eigenvalue weighted by Gasteiger charge is 2.44. The van der Waals surface area contributed by atoms with Crippen molar-refractivity contribution in [2.45, 2.75) is 51.0 Å². The van der Waals surface area contributed by atoms with Crippen molar-refractivity contribution in [2.75, 3.05) is 13.1 Å². The Bertz CT molecular complexity index is 1120. The molecule has 1 saturated heterocycles. The molecule has 172 valence electrons. The summed E-state index contributed by atoms with van der Waals surface area (Å²) in [5.74, 6) is 0.389. The molecule has 2 amide bonds. The first-order valence-corrected chi connectivity index (χ1v) is 11.5. The molecule has 1 saturated carbocycles. The number of rotatable bonds is 5. The molecule has 3 atom stereocenters. The third-order valence-corrected chi connectivity index (χ3v) is 6.54. The maximum absolute atomic E-state index is 13.2. The van der Waals surface area contributed by atoms with E-state index in [1.54, 1.807) is 13.0 Å². The van der Waals surface area contributed by atoms with E-state index in [-0.39, 0.29) is 35.5 Å². The van der Waals surface area contributed by atoms with Crippen LogP contribution in [0.2, 0.25) is 0 Å². The molecule has 1 aliphatic carbocycles. The first-order chi connectivity index (χ1) is 16.1. The molecule has 0 spiro atoms. The van der Waals surface area contributed by atoms with Crippen LogP contribution in [0.5, 0.6) is 0 Å². The average Bonchev–Trinajstić information content (AvgIpc) is 3.59. The van der Waals surface area contributed by atoms with E-state index in [1.165, 1.54) is 0 Å². The number of carbonyl (C=O) groups excluding carboxylic acids is 2. The number of hydrogen-bond acceptors (Lipinski definition) is 7. The van der Waals surface area contributed by atoms with Crippen molar-refractivity contribution >= 4 is 11.8 Å². The topological polar surface area (TPSA) is 114 Å². The molecule has 2 aliphatic rings. The number of likely N-dealkylation sites (tertiary alicyclic amines) is 1. The predicted octanol–water partition coefficient (Wildman–Crippen LogP) is 3.34. The van der Waals surface area contributed by atoms with Crippen molar-refractivity contribution < 1.29 is 18.6 Å². The van der Waals surface area contributed by atoms with Crippen LogP contribution in [-0.2, 0) is 4.79 Å². The quantitative estimate of drug-likeness (QED) is 0.635. The summed E-state index contributed by atoms with van der Waals surface area (Å²) >= 11 is 0. The van der Waals surface area contributed by atoms with Gasteiger partial charge >= 0.3 is 0 Å². The molecule has 3 aromatic rings. The summed E-state index contributed by atoms with van der Waals surface area (Å²) < 4.78 is 10.7. The number of benzene rings is 1. The summed E-state index contributed by atoms with van der Waals surface area (Å²) in [5, 5.41) is 11.0. The highest BCUT2D eigenvalue weighted by molar-refractivity contribution is 5.91. The van der Waals surface area contributed by atoms with Crippen molar-refractivity contribution in [3.8, 4) is 11.4 Å². The van der Waals surface area contributed by atoms with Gasteiger partial charge in [-0.05, 0) is 39.0 Å². The summed E-state index contributed by atoms with van der Waals surface area (Å²) in [4.78, 5) is 32.6. The molecule has 9 heteroatoms. The van der Waals surface area contributed by atoms with Crippen molar-refractivity contribution in [3.05, 3.63) is 53.7 Å². The van der Waals surface area contributed by atoms with Crippen molar-refractivity contribution in [1.29, 1.82) is 0 Å². The number of carbonyl (C=O) groups is 2. The van der Waals surface area contributed by atoms with Gasteiger partial charge in [0.25, 0.3) is 5.91 Å². The van der Waals surface area contributed by atoms with Crippen LogP contribution in [0.4, 0.5) is 0 Å². The largest absolute Gasteiger partial charge is 0.351 e. The molecular weight excluding hydrogens is 422 g/mol. The molecule has 1 aromatic carbocycles. The van der Waals surface area contributed by atoms with E-state index in [0.717, 1.165) is 37.9 Å². The lowest BCUT2D eigenvalue weighted by Gasteiger charge is -2.29. The van der Waals surface area contributed by atoms with E-state index < -0.39 is 0 Å². The fourth-order valence-electron chi connectivity index (χ4n) is 4.84. The molecule has 2 aromatic heterocycles. The number of nitrogens with zero attached hydrogens (tertiary/aromatic N) is 4. The third kappa shape index (κ3) is 4.53. The number of aromatic nitrogens is 3. The van der Waals surface area contributed by atoms with Gasteiger partial charge in [0.2, 0.25) is 23.4 Å². The lowest BCUT2D eigenvalue weighted by molar-refractivity contribution is -0.136. The highest BCUT2D eigenvalue weighted by Crippen LogP contribution is 2.40. The molecule has 5 rings (SSSR count). The van der Waals surface area contributed by atoms with Crippen molar-refractivity contribution in [3.63, 3.8) is 0 Å². The van der Waals surface area contributed by atoms with Gasteiger partial charge in [0, 0.05) is 36.7 Å². The van der Waals surface area contributed by atoms with Crippen molar-refractivity contribution in [2.24, 2.45) is 5.92 Å². The van der Waals surface area contributed by atoms with E-state index >= 15 is 0 Å². The lowest BCUT2D eigenvalue weighted by atomic mass is 10.0. The first-order valence-electron chi connectivity index (χ1n) is 11.5. The first kappa shape index (κ1) is 21.4. The minimum Gasteiger partial charge on any atom is -0.351 e. The predicted molar refractivity (Wildman–Crippen MR) is 118 cm³/mol. The van der Waals surface area contributed by atoms with Crippen LogP contribution >= 0.6 is 0 Å². The van der Waals surface area contributed by atoms with Gasteiger partial charge in [-0.15, -0.1) is 0 Å². The van der Waals surface area contributed by atoms with Crippen LogP contribution in [0.15, 0.2) is 45.4 Å². The standard InChI is InChI=1S/C24H27N5O4/c1-15-12-20(32-27-15)22(30)25-19-14-17(24(31)29-10-6-3-7-11-29)13-18(19)23-26-21(28-33-23)16-8-4-2-5-9-16/h2,4-5,8-9,12,17-19H,3,6-7,10-11,13-14H2,1H3,(H,25,30). The van der Waals surface area contributed by atoms with Gasteiger partial charge in [0.05, 0.1) is 11.6 Å². The van der Waals surface area contributed by atoms with Gasteiger partial charge in [-0.25, -0.2) is 0 Å². The van der Waals surface area contributed by atoms with Gasteiger partial charge in [-0.2, -0.15) is 4.98 Å². The summed E-state index contributed by atoms with van der Waals surface area (Å²) in [5.41, 5.74) is 1.48. The smallest absolute Gasteiger partial charge is 0.290 e. The lowest BCUT2D eigenvalue weighted by Crippen LogP contribution is -2.40. The van der Waals surface area contributed by atoms with Crippen molar-refractivity contribution in [1.82, 2.24) is 25.5 Å². The van der Waals surface area contributed by atoms with E-state index in [1.807, 2.05) is 35.2 Å². The van der Waals surface area contributed by atoms with E-state index in [9.17, 15) is 9.59 Å². The van der Waals surface area contributed by atoms with Gasteiger partial charge < -0.3 is 19.3 Å². The zero-order chi connectivity index (χ0) is 22.8. The minimum atomic E-state index is -0.362. The van der Waals surface area contributed by atoms with Gasteiger partial charge in [0.15, 0.2) is 0 Å². The Morgan fingerprint density at radius 1 is 1.03 bits per heavy atom. The summed E-state index contributed by atoms with van der Waals surface area (Å²) in [6.07, 6.45) is 4.30. The van der Waals surface area contributed by atoms with Crippen LogP contribution in [0, 0.1) is 12.8 Å². The maximum Gasteiger partial charge on any atom is 0.290 e. The zero-order valence-corrected chi connectivity index (χ0v) is 18.6. The Hall–Kier alpha value is -3.49. The monoisotopic (exact) mass is 449 g/mol. The average molecular weight is 450 g/mol. The number of nitrogens with one attached hydrogen (secondary N) is 1. The van der Waals surface area contributed by atoms with E-state index in [0.29, 0.717) is 30.3 Å². The number of hydrogen-bond donors (Lipinski definition) is 1. The molecule has 0 radical (unpaired) electrons. The fraction of sp³-hybridized carbons (Fsp3) is 0.458. The Balaban J connectivity index is 1.38. The van der Waals surface area contributed by atoms with Gasteiger partial charge in [0.1, 0.15) is 0 Å². The molecule has 0 bridgehead atoms. The summed E-state index contributed by atoms with van der Waals surface area (Å²) in [6, 6.07) is 10.8. The van der Waals surface area contributed by atoms with Crippen LogP contribution in [0.25, 0.3) is 11.4 Å². The minimum absolute atomic E-state index is 0.146. The zero-order valence-electron chi connectivity index (χ0n) is 18.6. The summed E-state index contributed by atoms with van der Waals surface area (Å²) in [7, 11) is 0. The van der Waals surface area contributed by atoms with Crippen LogP contribution in [0.3, 0.4) is 0 Å². The Labute approximate surface area is 191 Å². The normalized spacial score (nSPS) is 22.9. The Kier molecular flexibility index (Phi) is 5.93. The van der Waals surface area contributed by atoms with Crippen LogP contribution in [-0.4, -0.2) is 51.1 Å². The summed E-state index contributed by atoms with van der Waals surface area (Å²) in [6.45, 7) is 3.36. The Morgan fingerprint density at radius 3 is 2.55 bits per heavy atom.